The largest absolute Gasteiger partial charge is 0.381 e. The molecule has 0 amide bonds. The van der Waals surface area contributed by atoms with Gasteiger partial charge in [-0.2, -0.15) is 0 Å². The first-order chi connectivity index (χ1) is 6.27. The van der Waals surface area contributed by atoms with Gasteiger partial charge < -0.3 is 5.32 Å². The molecule has 72 valence electrons. The standard InChI is InChI=1S/C11H18N2/c1-4-10(5-2)13-11-7-6-8-12-9(11)3/h6-8,10,13H,4-5H2,1-3H3. The molecule has 0 bridgehead atoms. The Hall–Kier alpha value is -1.05. The number of nitrogens with zero attached hydrogens (tertiary/aromatic N) is 1. The van der Waals surface area contributed by atoms with Crippen LogP contribution in [0.1, 0.15) is 32.4 Å². The lowest BCUT2D eigenvalue weighted by Gasteiger charge is -2.17. The first-order valence-electron chi connectivity index (χ1n) is 4.96. The molecule has 0 saturated carbocycles. The number of hydrogen-bond acceptors (Lipinski definition) is 2. The highest BCUT2D eigenvalue weighted by Crippen LogP contribution is 2.13. The molecular formula is C11H18N2. The third-order valence-electron chi connectivity index (χ3n) is 2.35. The van der Waals surface area contributed by atoms with Gasteiger partial charge in [0.25, 0.3) is 0 Å². The van der Waals surface area contributed by atoms with Crippen molar-refractivity contribution in [3.05, 3.63) is 24.0 Å². The van der Waals surface area contributed by atoms with Crippen molar-refractivity contribution in [3.63, 3.8) is 0 Å². The Morgan fingerprint density at radius 3 is 2.62 bits per heavy atom. The van der Waals surface area contributed by atoms with E-state index in [1.54, 1.807) is 0 Å². The van der Waals surface area contributed by atoms with E-state index in [-0.39, 0.29) is 0 Å². The summed E-state index contributed by atoms with van der Waals surface area (Å²) in [5.41, 5.74) is 2.24. The van der Waals surface area contributed by atoms with E-state index in [0.29, 0.717) is 6.04 Å². The van der Waals surface area contributed by atoms with Crippen LogP contribution in [0.5, 0.6) is 0 Å². The number of nitrogens with one attached hydrogen (secondary N) is 1. The first-order valence-corrected chi connectivity index (χ1v) is 4.96. The summed E-state index contributed by atoms with van der Waals surface area (Å²) in [4.78, 5) is 4.24. The summed E-state index contributed by atoms with van der Waals surface area (Å²) >= 11 is 0. The Labute approximate surface area is 80.4 Å². The minimum Gasteiger partial charge on any atom is -0.381 e. The molecule has 0 saturated heterocycles. The molecule has 0 unspecified atom stereocenters. The topological polar surface area (TPSA) is 24.9 Å². The van der Waals surface area contributed by atoms with E-state index in [1.165, 1.54) is 0 Å². The van der Waals surface area contributed by atoms with Gasteiger partial charge in [-0.25, -0.2) is 0 Å². The molecule has 1 aromatic rings. The highest BCUT2D eigenvalue weighted by atomic mass is 14.9. The molecule has 0 aliphatic rings. The van der Waals surface area contributed by atoms with Gasteiger partial charge in [0.1, 0.15) is 0 Å². The van der Waals surface area contributed by atoms with Crippen LogP contribution in [0.3, 0.4) is 0 Å². The lowest BCUT2D eigenvalue weighted by molar-refractivity contribution is 0.670. The van der Waals surface area contributed by atoms with Gasteiger partial charge in [0.05, 0.1) is 11.4 Å². The minimum atomic E-state index is 0.572. The number of aryl methyl sites for hydroxylation is 1. The van der Waals surface area contributed by atoms with E-state index in [0.717, 1.165) is 24.2 Å². The average molecular weight is 178 g/mol. The van der Waals surface area contributed by atoms with Crippen LogP contribution in [0, 0.1) is 6.92 Å². The van der Waals surface area contributed by atoms with Gasteiger partial charge in [-0.15, -0.1) is 0 Å². The molecule has 0 fully saturated rings. The van der Waals surface area contributed by atoms with E-state index >= 15 is 0 Å². The summed E-state index contributed by atoms with van der Waals surface area (Å²) < 4.78 is 0. The Kier molecular flexibility index (Phi) is 3.74. The summed E-state index contributed by atoms with van der Waals surface area (Å²) in [5.74, 6) is 0. The van der Waals surface area contributed by atoms with E-state index in [9.17, 15) is 0 Å². The normalized spacial score (nSPS) is 10.5. The lowest BCUT2D eigenvalue weighted by atomic mass is 10.1. The van der Waals surface area contributed by atoms with E-state index in [4.69, 9.17) is 0 Å². The highest BCUT2D eigenvalue weighted by molar-refractivity contribution is 5.47. The van der Waals surface area contributed by atoms with Crippen molar-refractivity contribution in [2.75, 3.05) is 5.32 Å². The van der Waals surface area contributed by atoms with Crippen molar-refractivity contribution < 1.29 is 0 Å². The molecule has 1 heterocycles. The molecule has 0 atom stereocenters. The van der Waals surface area contributed by atoms with Gasteiger partial charge in [0.15, 0.2) is 0 Å². The predicted molar refractivity (Wildman–Crippen MR) is 57.0 cm³/mol. The molecule has 1 aromatic heterocycles. The van der Waals surface area contributed by atoms with E-state index < -0.39 is 0 Å². The van der Waals surface area contributed by atoms with Crippen LogP contribution < -0.4 is 5.32 Å². The Bertz CT molecular complexity index is 254. The molecule has 1 N–H and O–H groups in total. The fourth-order valence-corrected chi connectivity index (χ4v) is 1.35. The maximum atomic E-state index is 4.24. The zero-order valence-corrected chi connectivity index (χ0v) is 8.67. The van der Waals surface area contributed by atoms with Crippen molar-refractivity contribution in [2.45, 2.75) is 39.7 Å². The minimum absolute atomic E-state index is 0.572. The van der Waals surface area contributed by atoms with Crippen molar-refractivity contribution in [1.29, 1.82) is 0 Å². The van der Waals surface area contributed by atoms with Crippen LogP contribution in [0.15, 0.2) is 18.3 Å². The second kappa shape index (κ2) is 4.85. The molecule has 0 spiro atoms. The Morgan fingerprint density at radius 1 is 1.38 bits per heavy atom. The molecule has 0 aromatic carbocycles. The fourth-order valence-electron chi connectivity index (χ4n) is 1.35. The van der Waals surface area contributed by atoms with Gasteiger partial charge in [-0.1, -0.05) is 13.8 Å². The molecule has 0 aliphatic heterocycles. The highest BCUT2D eigenvalue weighted by Gasteiger charge is 2.04. The van der Waals surface area contributed by atoms with Crippen LogP contribution in [0.2, 0.25) is 0 Å². The molecule has 0 aliphatic carbocycles. The summed E-state index contributed by atoms with van der Waals surface area (Å²) in [6, 6.07) is 4.63. The second-order valence-electron chi connectivity index (χ2n) is 3.29. The number of hydrogen-bond donors (Lipinski definition) is 1. The zero-order valence-electron chi connectivity index (χ0n) is 8.67. The summed E-state index contributed by atoms with van der Waals surface area (Å²) in [6.07, 6.45) is 4.14. The summed E-state index contributed by atoms with van der Waals surface area (Å²) in [5, 5.41) is 3.48. The van der Waals surface area contributed by atoms with Crippen LogP contribution in [-0.2, 0) is 0 Å². The third-order valence-corrected chi connectivity index (χ3v) is 2.35. The lowest BCUT2D eigenvalue weighted by Crippen LogP contribution is -2.17. The van der Waals surface area contributed by atoms with Crippen molar-refractivity contribution in [2.24, 2.45) is 0 Å². The zero-order chi connectivity index (χ0) is 9.68. The maximum absolute atomic E-state index is 4.24. The number of pyridine rings is 1. The first kappa shape index (κ1) is 10.0. The molecule has 1 rings (SSSR count). The molecule has 2 nitrogen and oxygen atoms in total. The van der Waals surface area contributed by atoms with Crippen LogP contribution in [-0.4, -0.2) is 11.0 Å². The SMILES string of the molecule is CCC(CC)Nc1cccnc1C. The number of rotatable bonds is 4. The van der Waals surface area contributed by atoms with Crippen molar-refractivity contribution in [1.82, 2.24) is 4.98 Å². The van der Waals surface area contributed by atoms with Gasteiger partial charge in [0, 0.05) is 12.2 Å². The molecule has 13 heavy (non-hydrogen) atoms. The van der Waals surface area contributed by atoms with Gasteiger partial charge in [-0.05, 0) is 31.9 Å². The van der Waals surface area contributed by atoms with Gasteiger partial charge in [-0.3, -0.25) is 4.98 Å². The van der Waals surface area contributed by atoms with Crippen molar-refractivity contribution >= 4 is 5.69 Å². The Balaban J connectivity index is 2.67. The van der Waals surface area contributed by atoms with Crippen LogP contribution in [0.25, 0.3) is 0 Å². The van der Waals surface area contributed by atoms with Gasteiger partial charge >= 0.3 is 0 Å². The molecule has 0 radical (unpaired) electrons. The van der Waals surface area contributed by atoms with E-state index in [1.807, 2.05) is 19.2 Å². The summed E-state index contributed by atoms with van der Waals surface area (Å²) in [7, 11) is 0. The van der Waals surface area contributed by atoms with E-state index in [2.05, 4.69) is 30.2 Å². The average Bonchev–Trinajstić information content (AvgIpc) is 2.17. The second-order valence-corrected chi connectivity index (χ2v) is 3.29. The summed E-state index contributed by atoms with van der Waals surface area (Å²) in [6.45, 7) is 6.43. The monoisotopic (exact) mass is 178 g/mol. The molecular weight excluding hydrogens is 160 g/mol. The number of anilines is 1. The molecule has 2 heteroatoms. The smallest absolute Gasteiger partial charge is 0.0603 e. The fraction of sp³-hybridized carbons (Fsp3) is 0.545. The Morgan fingerprint density at radius 2 is 2.08 bits per heavy atom. The number of aromatic nitrogens is 1. The maximum Gasteiger partial charge on any atom is 0.0603 e. The van der Waals surface area contributed by atoms with Crippen LogP contribution in [0.4, 0.5) is 5.69 Å². The van der Waals surface area contributed by atoms with Gasteiger partial charge in [0.2, 0.25) is 0 Å². The quantitative estimate of drug-likeness (QED) is 0.766. The van der Waals surface area contributed by atoms with Crippen molar-refractivity contribution in [3.8, 4) is 0 Å². The predicted octanol–water partition coefficient (Wildman–Crippen LogP) is 2.99. The third kappa shape index (κ3) is 2.72. The van der Waals surface area contributed by atoms with Crippen LogP contribution >= 0.6 is 0 Å².